The Labute approximate surface area is 235 Å². The second-order valence-electron chi connectivity index (χ2n) is 10.2. The smallest absolute Gasteiger partial charge is 0.243 e. The van der Waals surface area contributed by atoms with Gasteiger partial charge in [0.05, 0.1) is 24.0 Å². The molecule has 5 rings (SSSR count). The van der Waals surface area contributed by atoms with Gasteiger partial charge in [-0.15, -0.1) is 0 Å². The van der Waals surface area contributed by atoms with E-state index in [4.69, 9.17) is 4.98 Å². The molecule has 1 N–H and O–H groups in total. The summed E-state index contributed by atoms with van der Waals surface area (Å²) < 4.78 is 1.92. The molecule has 0 unspecified atom stereocenters. The van der Waals surface area contributed by atoms with Crippen molar-refractivity contribution in [2.75, 3.05) is 0 Å². The van der Waals surface area contributed by atoms with Crippen LogP contribution in [-0.4, -0.2) is 32.3 Å². The molecular formula is C34H34N4O2. The average molecular weight is 531 g/mol. The van der Waals surface area contributed by atoms with E-state index >= 15 is 0 Å². The predicted octanol–water partition coefficient (Wildman–Crippen LogP) is 6.00. The fourth-order valence-electron chi connectivity index (χ4n) is 4.87. The van der Waals surface area contributed by atoms with Crippen LogP contribution in [0.2, 0.25) is 0 Å². The molecule has 0 atom stereocenters. The van der Waals surface area contributed by atoms with Gasteiger partial charge in [-0.25, -0.2) is 4.98 Å². The number of para-hydroxylation sites is 2. The maximum absolute atomic E-state index is 13.6. The summed E-state index contributed by atoms with van der Waals surface area (Å²) in [6.07, 6.45) is 0.270. The first-order chi connectivity index (χ1) is 19.5. The third-order valence-electron chi connectivity index (χ3n) is 7.04. The number of fused-ring (bicyclic) bond motifs is 1. The van der Waals surface area contributed by atoms with Gasteiger partial charge < -0.3 is 14.8 Å². The number of hydrogen-bond acceptors (Lipinski definition) is 3. The molecule has 5 aromatic rings. The lowest BCUT2D eigenvalue weighted by atomic mass is 10.0. The zero-order valence-corrected chi connectivity index (χ0v) is 23.0. The van der Waals surface area contributed by atoms with Crippen molar-refractivity contribution >= 4 is 22.8 Å². The highest BCUT2D eigenvalue weighted by Crippen LogP contribution is 2.20. The summed E-state index contributed by atoms with van der Waals surface area (Å²) in [5.74, 6) is 0.573. The summed E-state index contributed by atoms with van der Waals surface area (Å²) >= 11 is 0. The number of carbonyl (C=O) groups excluding carboxylic acids is 2. The van der Waals surface area contributed by atoms with E-state index in [0.29, 0.717) is 12.4 Å². The van der Waals surface area contributed by atoms with Crippen LogP contribution in [0.1, 0.15) is 30.8 Å². The fraction of sp³-hybridized carbons (Fsp3) is 0.206. The molecule has 0 radical (unpaired) electrons. The van der Waals surface area contributed by atoms with Crippen molar-refractivity contribution in [2.45, 2.75) is 45.9 Å². The van der Waals surface area contributed by atoms with E-state index in [0.717, 1.165) is 33.3 Å². The Hall–Kier alpha value is -4.71. The van der Waals surface area contributed by atoms with Crippen LogP contribution >= 0.6 is 0 Å². The molecule has 4 aromatic carbocycles. The van der Waals surface area contributed by atoms with Gasteiger partial charge in [0.25, 0.3) is 0 Å². The lowest BCUT2D eigenvalue weighted by Gasteiger charge is -2.27. The molecule has 6 heteroatoms. The van der Waals surface area contributed by atoms with Crippen molar-refractivity contribution in [1.29, 1.82) is 0 Å². The number of hydrogen-bond donors (Lipinski definition) is 1. The monoisotopic (exact) mass is 530 g/mol. The topological polar surface area (TPSA) is 67.2 Å². The highest BCUT2D eigenvalue weighted by atomic mass is 16.2. The minimum absolute atomic E-state index is 0.00749. The molecule has 0 aliphatic heterocycles. The number of amides is 2. The highest BCUT2D eigenvalue weighted by Gasteiger charge is 2.21. The highest BCUT2D eigenvalue weighted by molar-refractivity contribution is 5.82. The van der Waals surface area contributed by atoms with Crippen molar-refractivity contribution in [3.8, 4) is 11.1 Å². The van der Waals surface area contributed by atoms with Crippen LogP contribution in [0.5, 0.6) is 0 Å². The second kappa shape index (κ2) is 12.4. The Morgan fingerprint density at radius 1 is 0.775 bits per heavy atom. The van der Waals surface area contributed by atoms with Crippen LogP contribution in [0.15, 0.2) is 109 Å². The molecule has 1 aromatic heterocycles. The van der Waals surface area contributed by atoms with Crippen LogP contribution < -0.4 is 5.32 Å². The van der Waals surface area contributed by atoms with E-state index in [-0.39, 0.29) is 37.4 Å². The summed E-state index contributed by atoms with van der Waals surface area (Å²) in [6.45, 7) is 4.99. The normalized spacial score (nSPS) is 11.1. The Morgan fingerprint density at radius 2 is 1.40 bits per heavy atom. The van der Waals surface area contributed by atoms with Gasteiger partial charge in [-0.05, 0) is 48.2 Å². The Bertz CT molecular complexity index is 1580. The molecule has 6 nitrogen and oxygen atoms in total. The van der Waals surface area contributed by atoms with Gasteiger partial charge in [0.2, 0.25) is 11.8 Å². The Kier molecular flexibility index (Phi) is 8.35. The molecule has 0 aliphatic rings. The van der Waals surface area contributed by atoms with Gasteiger partial charge in [0.1, 0.15) is 12.4 Å². The zero-order chi connectivity index (χ0) is 27.9. The van der Waals surface area contributed by atoms with Crippen LogP contribution in [0.3, 0.4) is 0 Å². The van der Waals surface area contributed by atoms with Crippen LogP contribution in [0.25, 0.3) is 22.2 Å². The summed E-state index contributed by atoms with van der Waals surface area (Å²) in [5, 5.41) is 3.01. The van der Waals surface area contributed by atoms with E-state index in [9.17, 15) is 9.59 Å². The molecule has 0 aliphatic carbocycles. The van der Waals surface area contributed by atoms with Crippen LogP contribution in [0, 0.1) is 0 Å². The first-order valence-corrected chi connectivity index (χ1v) is 13.7. The lowest BCUT2D eigenvalue weighted by Crippen LogP contribution is -2.39. The van der Waals surface area contributed by atoms with E-state index < -0.39 is 0 Å². The van der Waals surface area contributed by atoms with Gasteiger partial charge in [-0.1, -0.05) is 97.1 Å². The second-order valence-corrected chi connectivity index (χ2v) is 10.2. The number of nitrogens with one attached hydrogen (secondary N) is 1. The van der Waals surface area contributed by atoms with Crippen LogP contribution in [0.4, 0.5) is 0 Å². The Balaban J connectivity index is 1.27. The number of rotatable bonds is 10. The fourth-order valence-corrected chi connectivity index (χ4v) is 4.87. The third-order valence-corrected chi connectivity index (χ3v) is 7.04. The lowest BCUT2D eigenvalue weighted by molar-refractivity contribution is -0.134. The number of imidazole rings is 1. The molecular weight excluding hydrogens is 496 g/mol. The molecule has 1 heterocycles. The molecule has 2 amide bonds. The van der Waals surface area contributed by atoms with Crippen molar-refractivity contribution < 1.29 is 9.59 Å². The van der Waals surface area contributed by atoms with Crippen molar-refractivity contribution in [2.24, 2.45) is 0 Å². The maximum atomic E-state index is 13.6. The van der Waals surface area contributed by atoms with E-state index in [1.54, 1.807) is 0 Å². The quantitative estimate of drug-likeness (QED) is 0.241. The molecule has 0 fully saturated rings. The molecule has 0 spiro atoms. The molecule has 202 valence electrons. The standard InChI is InChI=1S/C34H34N4O2/c1-25(2)37(23-27-11-5-3-6-12-27)34(40)24-38-31-16-10-9-15-30(31)36-32(38)22-35-33(39)21-26-17-19-29(20-18-26)28-13-7-4-8-14-28/h3-20,25H,21-24H2,1-2H3,(H,35,39). The number of benzene rings is 4. The zero-order valence-electron chi connectivity index (χ0n) is 23.0. The van der Waals surface area contributed by atoms with Gasteiger partial charge in [0.15, 0.2) is 0 Å². The largest absolute Gasteiger partial charge is 0.349 e. The van der Waals surface area contributed by atoms with Crippen molar-refractivity contribution in [3.05, 3.63) is 126 Å². The summed E-state index contributed by atoms with van der Waals surface area (Å²) in [7, 11) is 0. The number of nitrogens with zero attached hydrogens (tertiary/aromatic N) is 3. The van der Waals surface area contributed by atoms with Gasteiger partial charge >= 0.3 is 0 Å². The SMILES string of the molecule is CC(C)N(Cc1ccccc1)C(=O)Cn1c(CNC(=O)Cc2ccc(-c3ccccc3)cc2)nc2ccccc21. The van der Waals surface area contributed by atoms with Gasteiger partial charge in [-0.3, -0.25) is 9.59 Å². The summed E-state index contributed by atoms with van der Waals surface area (Å²) in [6, 6.07) is 36.0. The van der Waals surface area contributed by atoms with Crippen LogP contribution in [-0.2, 0) is 35.6 Å². The average Bonchev–Trinajstić information content (AvgIpc) is 3.33. The summed E-state index contributed by atoms with van der Waals surface area (Å²) in [4.78, 5) is 33.1. The minimum atomic E-state index is -0.0923. The minimum Gasteiger partial charge on any atom is -0.349 e. The molecule has 0 bridgehead atoms. The van der Waals surface area contributed by atoms with Gasteiger partial charge in [0, 0.05) is 12.6 Å². The molecule has 0 saturated heterocycles. The predicted molar refractivity (Wildman–Crippen MR) is 159 cm³/mol. The van der Waals surface area contributed by atoms with E-state index in [1.807, 2.05) is 120 Å². The summed E-state index contributed by atoms with van der Waals surface area (Å²) in [5.41, 5.74) is 5.96. The molecule has 0 saturated carbocycles. The maximum Gasteiger partial charge on any atom is 0.243 e. The first kappa shape index (κ1) is 26.9. The third kappa shape index (κ3) is 6.46. The molecule has 40 heavy (non-hydrogen) atoms. The van der Waals surface area contributed by atoms with Crippen molar-refractivity contribution in [3.63, 3.8) is 0 Å². The first-order valence-electron chi connectivity index (χ1n) is 13.7. The Morgan fingerprint density at radius 3 is 2.10 bits per heavy atom. The van der Waals surface area contributed by atoms with Gasteiger partial charge in [-0.2, -0.15) is 0 Å². The van der Waals surface area contributed by atoms with E-state index in [1.165, 1.54) is 0 Å². The van der Waals surface area contributed by atoms with Crippen molar-refractivity contribution in [1.82, 2.24) is 19.8 Å². The number of aromatic nitrogens is 2. The number of carbonyl (C=O) groups is 2. The van der Waals surface area contributed by atoms with E-state index in [2.05, 4.69) is 17.4 Å².